The van der Waals surface area contributed by atoms with E-state index in [2.05, 4.69) is 26.1 Å². The highest BCUT2D eigenvalue weighted by Crippen LogP contribution is 2.31. The predicted octanol–water partition coefficient (Wildman–Crippen LogP) is 4.95. The third-order valence-corrected chi connectivity index (χ3v) is 5.71. The van der Waals surface area contributed by atoms with Crippen molar-refractivity contribution in [2.24, 2.45) is 0 Å². The molecule has 0 fully saturated rings. The van der Waals surface area contributed by atoms with Gasteiger partial charge in [-0.2, -0.15) is 13.2 Å². The number of fused-ring (bicyclic) bond motifs is 1. The Kier molecular flexibility index (Phi) is 5.22. The van der Waals surface area contributed by atoms with Crippen molar-refractivity contribution in [1.29, 1.82) is 0 Å². The van der Waals surface area contributed by atoms with Crippen LogP contribution in [0.3, 0.4) is 0 Å². The van der Waals surface area contributed by atoms with Gasteiger partial charge in [0.2, 0.25) is 5.65 Å². The topological polar surface area (TPSA) is 52.2 Å². The number of benzene rings is 2. The first-order valence-corrected chi connectivity index (χ1v) is 10.1. The summed E-state index contributed by atoms with van der Waals surface area (Å²) in [6, 6.07) is 12.4. The molecule has 0 saturated heterocycles. The van der Waals surface area contributed by atoms with Gasteiger partial charge in [-0.05, 0) is 35.9 Å². The molecule has 0 N–H and O–H groups in total. The molecule has 0 unspecified atom stereocenters. The Hall–Kier alpha value is -2.59. The minimum absolute atomic E-state index is 0.141. The second kappa shape index (κ2) is 7.68. The van der Waals surface area contributed by atoms with Crippen LogP contribution in [0.1, 0.15) is 11.1 Å². The maximum Gasteiger partial charge on any atom is 0.416 e. The number of hydrogen-bond acceptors (Lipinski definition) is 4. The Morgan fingerprint density at radius 3 is 2.52 bits per heavy atom. The highest BCUT2D eigenvalue weighted by Gasteiger charge is 2.30. The van der Waals surface area contributed by atoms with E-state index in [1.807, 2.05) is 12.1 Å². The Bertz CT molecular complexity index is 1230. The molecule has 2 aromatic heterocycles. The SMILES string of the molecule is O=c1c2nnc(SCc3cccc(C(F)(F)F)c3)n2ccn1-c1ccc(Br)cc1. The molecule has 10 heteroatoms. The van der Waals surface area contributed by atoms with Gasteiger partial charge in [-0.15, -0.1) is 10.2 Å². The molecule has 5 nitrogen and oxygen atoms in total. The molecule has 0 spiro atoms. The van der Waals surface area contributed by atoms with Gasteiger partial charge in [-0.1, -0.05) is 45.9 Å². The van der Waals surface area contributed by atoms with Crippen LogP contribution in [0.4, 0.5) is 13.2 Å². The van der Waals surface area contributed by atoms with E-state index >= 15 is 0 Å². The fraction of sp³-hybridized carbons (Fsp3) is 0.105. The predicted molar refractivity (Wildman–Crippen MR) is 107 cm³/mol. The first-order chi connectivity index (χ1) is 13.8. The van der Waals surface area contributed by atoms with Crippen molar-refractivity contribution in [2.45, 2.75) is 17.1 Å². The van der Waals surface area contributed by atoms with E-state index < -0.39 is 11.7 Å². The fourth-order valence-electron chi connectivity index (χ4n) is 2.75. The summed E-state index contributed by atoms with van der Waals surface area (Å²) in [4.78, 5) is 12.8. The molecular weight excluding hydrogens is 469 g/mol. The molecule has 29 heavy (non-hydrogen) atoms. The average molecular weight is 481 g/mol. The number of nitrogens with zero attached hydrogens (tertiary/aromatic N) is 4. The lowest BCUT2D eigenvalue weighted by molar-refractivity contribution is -0.137. The molecule has 4 aromatic rings. The summed E-state index contributed by atoms with van der Waals surface area (Å²) in [6.45, 7) is 0. The maximum absolute atomic E-state index is 12.9. The van der Waals surface area contributed by atoms with Crippen LogP contribution in [-0.2, 0) is 11.9 Å². The second-order valence-electron chi connectivity index (χ2n) is 6.11. The van der Waals surface area contributed by atoms with E-state index in [1.165, 1.54) is 26.8 Å². The van der Waals surface area contributed by atoms with Crippen molar-refractivity contribution in [1.82, 2.24) is 19.2 Å². The molecule has 0 amide bonds. The highest BCUT2D eigenvalue weighted by atomic mass is 79.9. The Labute approximate surface area is 175 Å². The van der Waals surface area contributed by atoms with Gasteiger partial charge >= 0.3 is 11.7 Å². The second-order valence-corrected chi connectivity index (χ2v) is 7.97. The van der Waals surface area contributed by atoms with Gasteiger partial charge in [0.1, 0.15) is 0 Å². The monoisotopic (exact) mass is 480 g/mol. The lowest BCUT2D eigenvalue weighted by Gasteiger charge is -2.08. The summed E-state index contributed by atoms with van der Waals surface area (Å²) in [7, 11) is 0. The van der Waals surface area contributed by atoms with Crippen LogP contribution in [0, 0.1) is 0 Å². The average Bonchev–Trinajstić information content (AvgIpc) is 3.11. The van der Waals surface area contributed by atoms with Crippen molar-refractivity contribution in [3.8, 4) is 5.69 Å². The quantitative estimate of drug-likeness (QED) is 0.387. The van der Waals surface area contributed by atoms with Gasteiger partial charge in [0.15, 0.2) is 5.16 Å². The molecule has 4 rings (SSSR count). The largest absolute Gasteiger partial charge is 0.416 e. The maximum atomic E-state index is 12.9. The van der Waals surface area contributed by atoms with Crippen molar-refractivity contribution in [2.75, 3.05) is 0 Å². The van der Waals surface area contributed by atoms with Crippen LogP contribution in [0.5, 0.6) is 0 Å². The number of aromatic nitrogens is 4. The van der Waals surface area contributed by atoms with Gasteiger partial charge in [-0.3, -0.25) is 13.8 Å². The van der Waals surface area contributed by atoms with Crippen molar-refractivity contribution < 1.29 is 13.2 Å². The molecule has 0 saturated carbocycles. The summed E-state index contributed by atoms with van der Waals surface area (Å²) < 4.78 is 42.5. The van der Waals surface area contributed by atoms with E-state index in [0.29, 0.717) is 16.4 Å². The van der Waals surface area contributed by atoms with Crippen LogP contribution in [-0.4, -0.2) is 19.2 Å². The van der Waals surface area contributed by atoms with E-state index in [1.54, 1.807) is 30.6 Å². The summed E-state index contributed by atoms with van der Waals surface area (Å²) in [6.07, 6.45) is -1.12. The van der Waals surface area contributed by atoms with Gasteiger partial charge in [-0.25, -0.2) is 0 Å². The molecule has 0 aliphatic carbocycles. The third-order valence-electron chi connectivity index (χ3n) is 4.17. The smallest absolute Gasteiger partial charge is 0.280 e. The minimum Gasteiger partial charge on any atom is -0.280 e. The van der Waals surface area contributed by atoms with Gasteiger partial charge in [0, 0.05) is 28.3 Å². The minimum atomic E-state index is -4.39. The molecular formula is C19H12BrF3N4OS. The molecule has 0 aliphatic heterocycles. The molecule has 148 valence electrons. The summed E-state index contributed by atoms with van der Waals surface area (Å²) in [5.74, 6) is 0.264. The molecule has 2 heterocycles. The first kappa shape index (κ1) is 19.7. The van der Waals surface area contributed by atoms with E-state index in [-0.39, 0.29) is 17.0 Å². The Morgan fingerprint density at radius 1 is 1.03 bits per heavy atom. The van der Waals surface area contributed by atoms with Crippen LogP contribution < -0.4 is 5.56 Å². The third kappa shape index (κ3) is 4.08. The Morgan fingerprint density at radius 2 is 1.79 bits per heavy atom. The lowest BCUT2D eigenvalue weighted by Crippen LogP contribution is -2.20. The van der Waals surface area contributed by atoms with Gasteiger partial charge in [0.05, 0.1) is 5.56 Å². The van der Waals surface area contributed by atoms with Gasteiger partial charge in [0.25, 0.3) is 0 Å². The molecule has 0 aliphatic rings. The zero-order valence-corrected chi connectivity index (χ0v) is 17.0. The Balaban J connectivity index is 1.61. The number of hydrogen-bond donors (Lipinski definition) is 0. The molecule has 0 atom stereocenters. The fourth-order valence-corrected chi connectivity index (χ4v) is 3.88. The standard InChI is InChI=1S/C19H12BrF3N4OS/c20-14-4-6-15(7-5-14)26-8-9-27-16(17(26)28)24-25-18(27)29-11-12-2-1-3-13(10-12)19(21,22)23/h1-10H,11H2. The molecule has 2 aromatic carbocycles. The summed E-state index contributed by atoms with van der Waals surface area (Å²) in [5.41, 5.74) is 0.293. The summed E-state index contributed by atoms with van der Waals surface area (Å²) in [5, 5.41) is 8.41. The number of rotatable bonds is 4. The van der Waals surface area contributed by atoms with Crippen molar-refractivity contribution in [3.05, 3.63) is 86.9 Å². The van der Waals surface area contributed by atoms with Crippen LogP contribution in [0.15, 0.2) is 75.3 Å². The van der Waals surface area contributed by atoms with Crippen molar-refractivity contribution >= 4 is 33.3 Å². The van der Waals surface area contributed by atoms with E-state index in [4.69, 9.17) is 0 Å². The zero-order valence-electron chi connectivity index (χ0n) is 14.6. The normalized spacial score (nSPS) is 11.9. The van der Waals surface area contributed by atoms with Crippen LogP contribution in [0.2, 0.25) is 0 Å². The van der Waals surface area contributed by atoms with Crippen molar-refractivity contribution in [3.63, 3.8) is 0 Å². The molecule has 0 bridgehead atoms. The summed E-state index contributed by atoms with van der Waals surface area (Å²) >= 11 is 4.56. The van der Waals surface area contributed by atoms with Crippen LogP contribution >= 0.6 is 27.7 Å². The number of thioether (sulfide) groups is 1. The first-order valence-electron chi connectivity index (χ1n) is 8.34. The van der Waals surface area contributed by atoms with Crippen LogP contribution in [0.25, 0.3) is 11.3 Å². The number of halogens is 4. The molecule has 0 radical (unpaired) electrons. The van der Waals surface area contributed by atoms with E-state index in [0.717, 1.165) is 16.6 Å². The lowest BCUT2D eigenvalue weighted by atomic mass is 10.1. The van der Waals surface area contributed by atoms with E-state index in [9.17, 15) is 18.0 Å². The van der Waals surface area contributed by atoms with Gasteiger partial charge < -0.3 is 0 Å². The highest BCUT2D eigenvalue weighted by molar-refractivity contribution is 9.10. The zero-order chi connectivity index (χ0) is 20.6. The number of alkyl halides is 3.